The van der Waals surface area contributed by atoms with Crippen molar-refractivity contribution in [2.75, 3.05) is 10.0 Å². The van der Waals surface area contributed by atoms with Crippen LogP contribution in [0.3, 0.4) is 0 Å². The highest BCUT2D eigenvalue weighted by atomic mass is 32.2. The topological polar surface area (TPSA) is 93.1 Å². The SMILES string of the molecule is O=C(Nc1cccc(NS(=O)(=O)c2ccccc2)c1)c1ccc(Cn2cccn2)cc1. The van der Waals surface area contributed by atoms with Crippen molar-refractivity contribution in [3.63, 3.8) is 0 Å². The van der Waals surface area contributed by atoms with Crippen LogP contribution >= 0.6 is 0 Å². The van der Waals surface area contributed by atoms with Gasteiger partial charge in [0.25, 0.3) is 15.9 Å². The molecule has 0 saturated carbocycles. The van der Waals surface area contributed by atoms with Gasteiger partial charge in [-0.25, -0.2) is 8.42 Å². The number of nitrogens with zero attached hydrogens (tertiary/aromatic N) is 2. The molecule has 1 heterocycles. The van der Waals surface area contributed by atoms with Crippen LogP contribution in [0.2, 0.25) is 0 Å². The number of sulfonamides is 1. The van der Waals surface area contributed by atoms with E-state index in [0.29, 0.717) is 23.5 Å². The Morgan fingerprint density at radius 1 is 0.871 bits per heavy atom. The maximum atomic E-state index is 12.6. The minimum Gasteiger partial charge on any atom is -0.322 e. The molecule has 0 fully saturated rings. The maximum Gasteiger partial charge on any atom is 0.261 e. The molecular formula is C23H20N4O3S. The molecule has 0 atom stereocenters. The quantitative estimate of drug-likeness (QED) is 0.462. The van der Waals surface area contributed by atoms with Gasteiger partial charge in [-0.05, 0) is 54.1 Å². The van der Waals surface area contributed by atoms with Gasteiger partial charge >= 0.3 is 0 Å². The van der Waals surface area contributed by atoms with Crippen molar-refractivity contribution < 1.29 is 13.2 Å². The molecular weight excluding hydrogens is 412 g/mol. The summed E-state index contributed by atoms with van der Waals surface area (Å²) in [6.07, 6.45) is 3.59. The van der Waals surface area contributed by atoms with Gasteiger partial charge in [0.2, 0.25) is 0 Å². The Morgan fingerprint density at radius 3 is 2.32 bits per heavy atom. The van der Waals surface area contributed by atoms with Crippen LogP contribution in [-0.4, -0.2) is 24.1 Å². The Kier molecular flexibility index (Phi) is 5.81. The number of aromatic nitrogens is 2. The molecule has 0 radical (unpaired) electrons. The zero-order valence-electron chi connectivity index (χ0n) is 16.5. The molecule has 4 rings (SSSR count). The van der Waals surface area contributed by atoms with Gasteiger partial charge in [0.15, 0.2) is 0 Å². The highest BCUT2D eigenvalue weighted by molar-refractivity contribution is 7.92. The fourth-order valence-electron chi connectivity index (χ4n) is 3.02. The van der Waals surface area contributed by atoms with E-state index in [-0.39, 0.29) is 10.8 Å². The first-order valence-corrected chi connectivity index (χ1v) is 11.0. The number of hydrogen-bond donors (Lipinski definition) is 2. The van der Waals surface area contributed by atoms with Gasteiger partial charge in [-0.15, -0.1) is 0 Å². The first-order valence-electron chi connectivity index (χ1n) is 9.55. The van der Waals surface area contributed by atoms with Crippen molar-refractivity contribution >= 4 is 27.3 Å². The average Bonchev–Trinajstić information content (AvgIpc) is 3.28. The summed E-state index contributed by atoms with van der Waals surface area (Å²) in [5, 5.41) is 6.96. The van der Waals surface area contributed by atoms with Gasteiger partial charge in [-0.1, -0.05) is 36.4 Å². The van der Waals surface area contributed by atoms with E-state index in [4.69, 9.17) is 0 Å². The standard InChI is InChI=1S/C23H20N4O3S/c28-23(19-12-10-18(11-13-19)17-27-15-5-14-24-27)25-20-6-4-7-21(16-20)26-31(29,30)22-8-2-1-3-9-22/h1-16,26H,17H2,(H,25,28). The summed E-state index contributed by atoms with van der Waals surface area (Å²) < 4.78 is 29.3. The average molecular weight is 433 g/mol. The van der Waals surface area contributed by atoms with Crippen LogP contribution in [0.1, 0.15) is 15.9 Å². The fraction of sp³-hybridized carbons (Fsp3) is 0.0435. The van der Waals surface area contributed by atoms with Gasteiger partial charge in [0.05, 0.1) is 17.1 Å². The van der Waals surface area contributed by atoms with Crippen LogP contribution in [0.25, 0.3) is 0 Å². The Labute approximate surface area is 180 Å². The van der Waals surface area contributed by atoms with Crippen LogP contribution in [0, 0.1) is 0 Å². The van der Waals surface area contributed by atoms with Crippen molar-refractivity contribution in [3.8, 4) is 0 Å². The van der Waals surface area contributed by atoms with Crippen molar-refractivity contribution in [2.45, 2.75) is 11.4 Å². The monoisotopic (exact) mass is 432 g/mol. The summed E-state index contributed by atoms with van der Waals surface area (Å²) in [5.74, 6) is -0.284. The van der Waals surface area contributed by atoms with Crippen molar-refractivity contribution in [1.82, 2.24) is 9.78 Å². The largest absolute Gasteiger partial charge is 0.322 e. The molecule has 0 unspecified atom stereocenters. The zero-order chi connectivity index (χ0) is 21.7. The Balaban J connectivity index is 1.43. The molecule has 0 bridgehead atoms. The van der Waals surface area contributed by atoms with Crippen LogP contribution in [0.4, 0.5) is 11.4 Å². The number of hydrogen-bond acceptors (Lipinski definition) is 4. The lowest BCUT2D eigenvalue weighted by molar-refractivity contribution is 0.102. The van der Waals surface area contributed by atoms with E-state index in [1.807, 2.05) is 24.4 Å². The fourth-order valence-corrected chi connectivity index (χ4v) is 4.09. The third kappa shape index (κ3) is 5.18. The van der Waals surface area contributed by atoms with Crippen molar-refractivity contribution in [1.29, 1.82) is 0 Å². The van der Waals surface area contributed by atoms with Crippen LogP contribution < -0.4 is 10.0 Å². The molecule has 156 valence electrons. The molecule has 0 aliphatic rings. The van der Waals surface area contributed by atoms with Gasteiger partial charge in [-0.2, -0.15) is 5.10 Å². The maximum absolute atomic E-state index is 12.6. The minimum atomic E-state index is -3.71. The van der Waals surface area contributed by atoms with E-state index in [1.54, 1.807) is 65.5 Å². The lowest BCUT2D eigenvalue weighted by atomic mass is 10.1. The van der Waals surface area contributed by atoms with E-state index in [9.17, 15) is 13.2 Å². The van der Waals surface area contributed by atoms with E-state index >= 15 is 0 Å². The summed E-state index contributed by atoms with van der Waals surface area (Å²) in [7, 11) is -3.71. The smallest absolute Gasteiger partial charge is 0.261 e. The lowest BCUT2D eigenvalue weighted by Crippen LogP contribution is -2.14. The summed E-state index contributed by atoms with van der Waals surface area (Å²) in [6, 6.07) is 23.8. The molecule has 4 aromatic rings. The zero-order valence-corrected chi connectivity index (χ0v) is 17.3. The second-order valence-electron chi connectivity index (χ2n) is 6.85. The van der Waals surface area contributed by atoms with Crippen LogP contribution in [0.15, 0.2) is 102 Å². The third-order valence-corrected chi connectivity index (χ3v) is 5.94. The summed E-state index contributed by atoms with van der Waals surface area (Å²) in [5.41, 5.74) is 2.37. The van der Waals surface area contributed by atoms with Gasteiger partial charge in [-0.3, -0.25) is 14.2 Å². The first kappa shape index (κ1) is 20.4. The molecule has 31 heavy (non-hydrogen) atoms. The number of nitrogens with one attached hydrogen (secondary N) is 2. The molecule has 0 saturated heterocycles. The highest BCUT2D eigenvalue weighted by Gasteiger charge is 2.14. The molecule has 1 aromatic heterocycles. The lowest BCUT2D eigenvalue weighted by Gasteiger charge is -2.11. The molecule has 3 aromatic carbocycles. The summed E-state index contributed by atoms with van der Waals surface area (Å²) in [4.78, 5) is 12.8. The van der Waals surface area contributed by atoms with Gasteiger partial charge in [0.1, 0.15) is 0 Å². The minimum absolute atomic E-state index is 0.166. The number of benzene rings is 3. The number of anilines is 2. The molecule has 0 aliphatic heterocycles. The van der Waals surface area contributed by atoms with E-state index in [1.165, 1.54) is 12.1 Å². The highest BCUT2D eigenvalue weighted by Crippen LogP contribution is 2.20. The number of carbonyl (C=O) groups is 1. The van der Waals surface area contributed by atoms with E-state index in [0.717, 1.165) is 5.56 Å². The van der Waals surface area contributed by atoms with Crippen LogP contribution in [0.5, 0.6) is 0 Å². The number of amides is 1. The van der Waals surface area contributed by atoms with Crippen molar-refractivity contribution in [3.05, 3.63) is 108 Å². The molecule has 0 spiro atoms. The second-order valence-corrected chi connectivity index (χ2v) is 8.54. The predicted octanol–water partition coefficient (Wildman–Crippen LogP) is 3.98. The number of rotatable bonds is 7. The summed E-state index contributed by atoms with van der Waals surface area (Å²) >= 11 is 0. The second kappa shape index (κ2) is 8.85. The molecule has 2 N–H and O–H groups in total. The third-order valence-electron chi connectivity index (χ3n) is 4.55. The molecule has 0 aliphatic carbocycles. The normalized spacial score (nSPS) is 11.1. The molecule has 8 heteroatoms. The van der Waals surface area contributed by atoms with E-state index in [2.05, 4.69) is 15.1 Å². The van der Waals surface area contributed by atoms with Gasteiger partial charge < -0.3 is 5.32 Å². The first-order chi connectivity index (χ1) is 15.0. The van der Waals surface area contributed by atoms with Crippen molar-refractivity contribution in [2.24, 2.45) is 0 Å². The Bertz CT molecular complexity index is 1270. The van der Waals surface area contributed by atoms with E-state index < -0.39 is 10.0 Å². The molecule has 1 amide bonds. The number of carbonyl (C=O) groups excluding carboxylic acids is 1. The van der Waals surface area contributed by atoms with Gasteiger partial charge in [0, 0.05) is 23.6 Å². The summed E-state index contributed by atoms with van der Waals surface area (Å²) in [6.45, 7) is 0.624. The molecule has 7 nitrogen and oxygen atoms in total. The Morgan fingerprint density at radius 2 is 1.61 bits per heavy atom. The van der Waals surface area contributed by atoms with Crippen LogP contribution in [-0.2, 0) is 16.6 Å². The predicted molar refractivity (Wildman–Crippen MR) is 119 cm³/mol. The Hall–Kier alpha value is -3.91.